The molecule has 4 saturated heterocycles. The van der Waals surface area contributed by atoms with Crippen LogP contribution < -0.4 is 14.5 Å². The molecule has 3 N–H and O–H groups in total. The van der Waals surface area contributed by atoms with E-state index in [2.05, 4.69) is 102 Å². The minimum Gasteiger partial charge on any atom is -0.508 e. The van der Waals surface area contributed by atoms with Crippen LogP contribution in [0.3, 0.4) is 0 Å². The maximum atomic E-state index is 13.9. The van der Waals surface area contributed by atoms with Gasteiger partial charge in [0.15, 0.2) is 5.82 Å². The number of likely N-dealkylation sites (tertiary alicyclic amines) is 2. The molecule has 0 radical (unpaired) electrons. The van der Waals surface area contributed by atoms with Gasteiger partial charge in [0.1, 0.15) is 23.9 Å². The van der Waals surface area contributed by atoms with E-state index in [0.717, 1.165) is 114 Å². The molecule has 6 aromatic rings. The Morgan fingerprint density at radius 2 is 1.58 bits per heavy atom. The number of aromatic nitrogens is 5. The summed E-state index contributed by atoms with van der Waals surface area (Å²) in [5, 5.41) is 51.3. The summed E-state index contributed by atoms with van der Waals surface area (Å²) in [5.41, 5.74) is 5.84. The minimum absolute atomic E-state index is 0.0176. The Morgan fingerprint density at radius 1 is 0.808 bits per heavy atom. The summed E-state index contributed by atoms with van der Waals surface area (Å²) in [6.45, 7) is 15.3. The van der Waals surface area contributed by atoms with Crippen LogP contribution in [0, 0.1) is 24.2 Å². The molecule has 0 bridgehead atoms. The highest BCUT2D eigenvalue weighted by Crippen LogP contribution is 2.38. The zero-order chi connectivity index (χ0) is 54.0. The fraction of sp³-hybridized carbons (Fsp3) is 0.441. The van der Waals surface area contributed by atoms with Gasteiger partial charge in [-0.15, -0.1) is 5.10 Å². The third-order valence-electron chi connectivity index (χ3n) is 17.0. The van der Waals surface area contributed by atoms with E-state index >= 15 is 0 Å². The number of aryl methyl sites for hydroxylation is 1. The van der Waals surface area contributed by atoms with Crippen molar-refractivity contribution in [3.8, 4) is 46.7 Å². The third kappa shape index (κ3) is 10.8. The topological polar surface area (TPSA) is 207 Å². The second-order valence-electron chi connectivity index (χ2n) is 21.6. The number of aromatic hydroxyl groups is 3. The number of ether oxygens (including phenoxy) is 1. The van der Waals surface area contributed by atoms with E-state index in [-0.39, 0.29) is 59.6 Å². The Morgan fingerprint density at radius 3 is 2.36 bits per heavy atom. The number of benzene rings is 4. The number of piperazine rings is 2. The van der Waals surface area contributed by atoms with Gasteiger partial charge in [-0.25, -0.2) is 4.57 Å². The van der Waals surface area contributed by atoms with Gasteiger partial charge in [-0.3, -0.25) is 24.3 Å². The first-order valence-electron chi connectivity index (χ1n) is 27.4. The normalized spacial score (nSPS) is 20.7. The third-order valence-corrected chi connectivity index (χ3v) is 17.0. The Kier molecular flexibility index (Phi) is 15.2. The maximum absolute atomic E-state index is 13.9. The molecule has 0 spiro atoms. The Bertz CT molecular complexity index is 3210. The summed E-state index contributed by atoms with van der Waals surface area (Å²) in [7, 11) is 2.20. The zero-order valence-electron chi connectivity index (χ0n) is 44.6. The summed E-state index contributed by atoms with van der Waals surface area (Å²) in [5.74, 6) is 1.01. The lowest BCUT2D eigenvalue weighted by Gasteiger charge is -2.42. The quantitative estimate of drug-likeness (QED) is 0.109. The van der Waals surface area contributed by atoms with Crippen molar-refractivity contribution in [2.24, 2.45) is 5.92 Å². The van der Waals surface area contributed by atoms with Crippen LogP contribution in [0.5, 0.6) is 23.5 Å². The molecule has 0 unspecified atom stereocenters. The van der Waals surface area contributed by atoms with Gasteiger partial charge in [-0.2, -0.15) is 15.2 Å². The molecule has 78 heavy (non-hydrogen) atoms. The lowest BCUT2D eigenvalue weighted by atomic mass is 9.94. The fourth-order valence-corrected chi connectivity index (χ4v) is 12.4. The molecule has 0 aliphatic carbocycles. The molecule has 5 aliphatic heterocycles. The number of hydrogen-bond acceptors (Lipinski definition) is 16. The number of amides is 2. The summed E-state index contributed by atoms with van der Waals surface area (Å²) >= 11 is 0. The first kappa shape index (κ1) is 52.3. The number of carbonyl (C=O) groups is 2. The van der Waals surface area contributed by atoms with E-state index in [9.17, 15) is 30.2 Å². The van der Waals surface area contributed by atoms with E-state index in [1.165, 1.54) is 33.2 Å². The van der Waals surface area contributed by atoms with E-state index in [1.807, 2.05) is 24.3 Å². The van der Waals surface area contributed by atoms with Crippen molar-refractivity contribution in [2.75, 3.05) is 95.4 Å². The lowest BCUT2D eigenvalue weighted by molar-refractivity contribution is -0.139. The van der Waals surface area contributed by atoms with Gasteiger partial charge in [-0.05, 0) is 106 Å². The Hall–Kier alpha value is -7.79. The summed E-state index contributed by atoms with van der Waals surface area (Å²) in [6.07, 6.45) is 5.98. The monoisotopic (exact) mass is 1060 g/mol. The molecule has 5 aliphatic rings. The van der Waals surface area contributed by atoms with Gasteiger partial charge in [-0.1, -0.05) is 60.2 Å². The van der Waals surface area contributed by atoms with Gasteiger partial charge < -0.3 is 39.7 Å². The number of hydrogen-bond donors (Lipinski definition) is 3. The molecule has 4 fully saturated rings. The van der Waals surface area contributed by atoms with Gasteiger partial charge in [0.05, 0.1) is 42.0 Å². The van der Waals surface area contributed by atoms with Gasteiger partial charge in [0.25, 0.3) is 0 Å². The lowest BCUT2D eigenvalue weighted by Crippen LogP contribution is -2.55. The molecule has 11 rings (SSSR count). The molecular weight excluding hydrogens is 987 g/mol. The summed E-state index contributed by atoms with van der Waals surface area (Å²) in [6, 6.07) is 28.2. The van der Waals surface area contributed by atoms with E-state index < -0.39 is 0 Å². The number of piperidine rings is 1. The van der Waals surface area contributed by atoms with Crippen molar-refractivity contribution < 1.29 is 29.6 Å². The number of carbonyl (C=O) groups excluding carboxylic acids is 2. The molecule has 19 heteroatoms. The van der Waals surface area contributed by atoms with Crippen molar-refractivity contribution in [1.82, 2.24) is 49.2 Å². The SMILES string of the molecule is C=CC(=O)N1CCN(c2nc(OC[C@@H]3CC[C@H](CN4CCN(C(=O)C5CCN(Cc6ccc(-n7c(O)nnc7-c7cc(C)c(O)cc7O)cc6)CC5)CC4)N3C)nc3c2CCN(c2cccc4ccccc24)C3)C[C@@H]1CC#N. The van der Waals surface area contributed by atoms with E-state index in [1.54, 1.807) is 17.9 Å². The molecular formula is C59H69N13O6. The highest BCUT2D eigenvalue weighted by molar-refractivity contribution is 5.94. The standard InChI is InChI=1S/C59H69N13O6/c1-4-54(75)71-31-30-70(36-45(71)18-22-60)55-48-21-25-69(51-11-7-9-41-8-5-6-10-47(41)51)37-50(48)61-58(62-55)78-38-46-17-16-44(65(46)3)35-67-26-28-68(29-27-67)57(76)42-19-23-66(24-20-42)34-40-12-14-43(15-13-40)72-56(63-64-59(72)77)49-32-39(2)52(73)33-53(49)74/h4-15,32-33,42,44-46,73-74H,1,16-21,23-31,34-38H2,2-3H3,(H,64,77)/t44-,45+,46+/m1/s1. The van der Waals surface area contributed by atoms with Crippen molar-refractivity contribution in [2.45, 2.75) is 76.7 Å². The van der Waals surface area contributed by atoms with Crippen LogP contribution in [0.2, 0.25) is 0 Å². The van der Waals surface area contributed by atoms with Crippen molar-refractivity contribution in [3.63, 3.8) is 0 Å². The van der Waals surface area contributed by atoms with Gasteiger partial charge in [0.2, 0.25) is 11.8 Å². The number of likely N-dealkylation sites (N-methyl/N-ethyl adjacent to an activating group) is 1. The van der Waals surface area contributed by atoms with Crippen LogP contribution in [0.1, 0.15) is 54.5 Å². The first-order valence-corrected chi connectivity index (χ1v) is 27.4. The van der Waals surface area contributed by atoms with Crippen LogP contribution in [-0.2, 0) is 29.1 Å². The minimum atomic E-state index is -0.312. The smallest absolute Gasteiger partial charge is 0.319 e. The number of phenols is 2. The second-order valence-corrected chi connectivity index (χ2v) is 21.6. The Labute approximate surface area is 455 Å². The molecule has 2 amide bonds. The Balaban J connectivity index is 0.668. The number of rotatable bonds is 14. The summed E-state index contributed by atoms with van der Waals surface area (Å²) in [4.78, 5) is 52.8. The van der Waals surface area contributed by atoms with Crippen molar-refractivity contribution >= 4 is 34.1 Å². The summed E-state index contributed by atoms with van der Waals surface area (Å²) < 4.78 is 8.08. The predicted molar refractivity (Wildman–Crippen MR) is 296 cm³/mol. The van der Waals surface area contributed by atoms with Gasteiger partial charge in [0, 0.05) is 106 Å². The predicted octanol–water partition coefficient (Wildman–Crippen LogP) is 5.88. The zero-order valence-corrected chi connectivity index (χ0v) is 44.6. The van der Waals surface area contributed by atoms with E-state index in [4.69, 9.17) is 14.7 Å². The van der Waals surface area contributed by atoms with Crippen molar-refractivity contribution in [3.05, 3.63) is 114 Å². The number of fused-ring (bicyclic) bond motifs is 2. The fourth-order valence-electron chi connectivity index (χ4n) is 12.4. The molecule has 7 heterocycles. The van der Waals surface area contributed by atoms with Crippen LogP contribution in [0.25, 0.3) is 27.8 Å². The molecule has 19 nitrogen and oxygen atoms in total. The molecule has 2 aromatic heterocycles. The number of nitrogens with zero attached hydrogens (tertiary/aromatic N) is 13. The van der Waals surface area contributed by atoms with Gasteiger partial charge >= 0.3 is 12.0 Å². The van der Waals surface area contributed by atoms with E-state index in [0.29, 0.717) is 61.7 Å². The highest BCUT2D eigenvalue weighted by atomic mass is 16.5. The van der Waals surface area contributed by atoms with Crippen LogP contribution in [0.4, 0.5) is 11.5 Å². The number of phenolic OH excluding ortho intramolecular Hbond substituents is 2. The van der Waals surface area contributed by atoms with Crippen LogP contribution in [-0.4, -0.2) is 180 Å². The molecule has 3 atom stereocenters. The number of nitriles is 1. The average molecular weight is 1060 g/mol. The second kappa shape index (κ2) is 22.7. The number of anilines is 2. The van der Waals surface area contributed by atoms with Crippen LogP contribution >= 0.6 is 0 Å². The maximum Gasteiger partial charge on any atom is 0.319 e. The molecule has 4 aromatic carbocycles. The van der Waals surface area contributed by atoms with Crippen LogP contribution in [0.15, 0.2) is 91.5 Å². The molecule has 406 valence electrons. The molecule has 0 saturated carbocycles. The largest absolute Gasteiger partial charge is 0.508 e. The first-order chi connectivity index (χ1) is 37.9. The highest BCUT2D eigenvalue weighted by Gasteiger charge is 2.37. The average Bonchev–Trinajstić information content (AvgIpc) is 4.03. The van der Waals surface area contributed by atoms with Crippen molar-refractivity contribution in [1.29, 1.82) is 5.26 Å².